The summed E-state index contributed by atoms with van der Waals surface area (Å²) in [7, 11) is -3.37. The number of benzene rings is 1. The molecule has 0 amide bonds. The molecule has 0 unspecified atom stereocenters. The summed E-state index contributed by atoms with van der Waals surface area (Å²) in [5.41, 5.74) is 2.36. The normalized spacial score (nSPS) is 13.7. The molecule has 1 heterocycles. The van der Waals surface area contributed by atoms with Gasteiger partial charge in [0.1, 0.15) is 0 Å². The molecule has 1 aliphatic rings. The lowest BCUT2D eigenvalue weighted by atomic mass is 9.96. The zero-order valence-electron chi connectivity index (χ0n) is 14.3. The number of Topliss-reactive ketones (excluding diaryl/α,β-unsaturated/α-hetero) is 1. The molecule has 1 N–H and O–H groups in total. The molecule has 0 saturated carbocycles. The summed E-state index contributed by atoms with van der Waals surface area (Å²) in [5.74, 6) is -0.804. The monoisotopic (exact) mass is 393 g/mol. The summed E-state index contributed by atoms with van der Waals surface area (Å²) in [4.78, 5) is 25.7. The van der Waals surface area contributed by atoms with Crippen molar-refractivity contribution in [2.75, 3.05) is 17.6 Å². The van der Waals surface area contributed by atoms with E-state index in [9.17, 15) is 18.0 Å². The molecule has 3 rings (SSSR count). The minimum Gasteiger partial charge on any atom is -0.454 e. The van der Waals surface area contributed by atoms with Gasteiger partial charge in [0.15, 0.2) is 12.4 Å². The number of ketones is 1. The number of aryl methyl sites for hydroxylation is 1. The molecule has 138 valence electrons. The SMILES string of the molecule is CS(=O)(=O)Nc1ccc(C(=O)COC(=O)c2csc3c2CCCC3)cc1. The van der Waals surface area contributed by atoms with Crippen molar-refractivity contribution in [3.63, 3.8) is 0 Å². The molecular formula is C18H19NO5S2. The predicted octanol–water partition coefficient (Wildman–Crippen LogP) is 3.04. The smallest absolute Gasteiger partial charge is 0.339 e. The maximum Gasteiger partial charge on any atom is 0.339 e. The van der Waals surface area contributed by atoms with Gasteiger partial charge in [0.05, 0.1) is 11.8 Å². The molecule has 0 atom stereocenters. The van der Waals surface area contributed by atoms with Gasteiger partial charge in [0.25, 0.3) is 0 Å². The molecule has 6 nitrogen and oxygen atoms in total. The fourth-order valence-electron chi connectivity index (χ4n) is 2.90. The van der Waals surface area contributed by atoms with Crippen molar-refractivity contribution in [3.8, 4) is 0 Å². The Morgan fingerprint density at radius 1 is 1.15 bits per heavy atom. The Morgan fingerprint density at radius 3 is 2.54 bits per heavy atom. The number of carbonyl (C=O) groups excluding carboxylic acids is 2. The van der Waals surface area contributed by atoms with E-state index in [0.29, 0.717) is 16.8 Å². The lowest BCUT2D eigenvalue weighted by Crippen LogP contribution is -2.16. The van der Waals surface area contributed by atoms with E-state index < -0.39 is 16.0 Å². The van der Waals surface area contributed by atoms with Crippen LogP contribution in [0.2, 0.25) is 0 Å². The molecule has 1 aromatic carbocycles. The third-order valence-corrected chi connectivity index (χ3v) is 5.82. The van der Waals surface area contributed by atoms with E-state index in [1.165, 1.54) is 29.1 Å². The quantitative estimate of drug-likeness (QED) is 0.602. The van der Waals surface area contributed by atoms with Gasteiger partial charge in [-0.25, -0.2) is 13.2 Å². The summed E-state index contributed by atoms with van der Waals surface area (Å²) in [5, 5.41) is 1.81. The second-order valence-electron chi connectivity index (χ2n) is 6.21. The van der Waals surface area contributed by atoms with Crippen molar-refractivity contribution in [2.45, 2.75) is 25.7 Å². The first-order valence-electron chi connectivity index (χ1n) is 8.21. The summed E-state index contributed by atoms with van der Waals surface area (Å²) >= 11 is 1.58. The molecule has 0 spiro atoms. The Balaban J connectivity index is 1.60. The lowest BCUT2D eigenvalue weighted by Gasteiger charge is -2.12. The molecule has 26 heavy (non-hydrogen) atoms. The first kappa shape index (κ1) is 18.6. The average Bonchev–Trinajstić information content (AvgIpc) is 3.03. The zero-order valence-corrected chi connectivity index (χ0v) is 15.9. The van der Waals surface area contributed by atoms with Crippen molar-refractivity contribution in [1.82, 2.24) is 0 Å². The summed E-state index contributed by atoms with van der Waals surface area (Å²) in [6, 6.07) is 5.98. The van der Waals surface area contributed by atoms with Gasteiger partial charge in [-0.1, -0.05) is 0 Å². The van der Waals surface area contributed by atoms with Crippen LogP contribution in [0.25, 0.3) is 0 Å². The van der Waals surface area contributed by atoms with E-state index in [2.05, 4.69) is 4.72 Å². The second-order valence-corrected chi connectivity index (χ2v) is 8.92. The van der Waals surface area contributed by atoms with Gasteiger partial charge in [-0.05, 0) is 55.5 Å². The molecule has 0 saturated heterocycles. The first-order valence-corrected chi connectivity index (χ1v) is 11.0. The van der Waals surface area contributed by atoms with Crippen LogP contribution in [0, 0.1) is 0 Å². The van der Waals surface area contributed by atoms with Crippen LogP contribution in [0.15, 0.2) is 29.6 Å². The summed E-state index contributed by atoms with van der Waals surface area (Å²) in [6.07, 6.45) is 5.14. The molecule has 0 fully saturated rings. The number of thiophene rings is 1. The van der Waals surface area contributed by atoms with Crippen LogP contribution >= 0.6 is 11.3 Å². The lowest BCUT2D eigenvalue weighted by molar-refractivity contribution is 0.0474. The highest BCUT2D eigenvalue weighted by molar-refractivity contribution is 7.92. The minimum absolute atomic E-state index is 0.339. The number of hydrogen-bond acceptors (Lipinski definition) is 6. The highest BCUT2D eigenvalue weighted by Crippen LogP contribution is 2.30. The first-order chi connectivity index (χ1) is 12.3. The van der Waals surface area contributed by atoms with Crippen LogP contribution in [0.1, 0.15) is 44.0 Å². The summed E-state index contributed by atoms with van der Waals surface area (Å²) < 4.78 is 29.9. The van der Waals surface area contributed by atoms with E-state index in [4.69, 9.17) is 4.74 Å². The Bertz CT molecular complexity index is 929. The number of hydrogen-bond donors (Lipinski definition) is 1. The molecule has 2 aromatic rings. The molecule has 1 aliphatic carbocycles. The van der Waals surface area contributed by atoms with Crippen molar-refractivity contribution in [2.24, 2.45) is 0 Å². The highest BCUT2D eigenvalue weighted by Gasteiger charge is 2.21. The Kier molecular flexibility index (Phi) is 5.43. The van der Waals surface area contributed by atoms with Crippen LogP contribution < -0.4 is 4.72 Å². The van der Waals surface area contributed by atoms with Crippen molar-refractivity contribution in [1.29, 1.82) is 0 Å². The van der Waals surface area contributed by atoms with Gasteiger partial charge >= 0.3 is 5.97 Å². The number of ether oxygens (including phenoxy) is 1. The van der Waals surface area contributed by atoms with E-state index in [-0.39, 0.29) is 12.4 Å². The fourth-order valence-corrected chi connectivity index (χ4v) is 4.57. The van der Waals surface area contributed by atoms with Crippen molar-refractivity contribution >= 4 is 38.8 Å². The van der Waals surface area contributed by atoms with Gasteiger partial charge in [-0.3, -0.25) is 9.52 Å². The van der Waals surface area contributed by atoms with Gasteiger partial charge in [0, 0.05) is 21.5 Å². The van der Waals surface area contributed by atoms with E-state index >= 15 is 0 Å². The van der Waals surface area contributed by atoms with Crippen molar-refractivity contribution in [3.05, 3.63) is 51.2 Å². The number of nitrogens with one attached hydrogen (secondary N) is 1. The Morgan fingerprint density at radius 2 is 1.85 bits per heavy atom. The molecule has 0 radical (unpaired) electrons. The van der Waals surface area contributed by atoms with E-state index in [0.717, 1.165) is 37.5 Å². The largest absolute Gasteiger partial charge is 0.454 e. The van der Waals surface area contributed by atoms with Crippen LogP contribution in [0.3, 0.4) is 0 Å². The van der Waals surface area contributed by atoms with Gasteiger partial charge in [0.2, 0.25) is 10.0 Å². The number of sulfonamides is 1. The van der Waals surface area contributed by atoms with Crippen LogP contribution in [0.5, 0.6) is 0 Å². The molecular weight excluding hydrogens is 374 g/mol. The standard InChI is InChI=1S/C18H19NO5S2/c1-26(22,23)19-13-8-6-12(7-9-13)16(20)10-24-18(21)15-11-25-17-5-3-2-4-14(15)17/h6-9,11,19H,2-5,10H2,1H3. The van der Waals surface area contributed by atoms with Crippen molar-refractivity contribution < 1.29 is 22.7 Å². The summed E-state index contributed by atoms with van der Waals surface area (Å²) in [6.45, 7) is -0.345. The molecule has 8 heteroatoms. The average molecular weight is 393 g/mol. The third-order valence-electron chi connectivity index (χ3n) is 4.13. The number of fused-ring (bicyclic) bond motifs is 1. The molecule has 0 aliphatic heterocycles. The van der Waals surface area contributed by atoms with Crippen LogP contribution in [0.4, 0.5) is 5.69 Å². The number of anilines is 1. The Hall–Kier alpha value is -2.19. The number of rotatable bonds is 6. The topological polar surface area (TPSA) is 89.5 Å². The maximum absolute atomic E-state index is 12.3. The Labute approximate surface area is 156 Å². The maximum atomic E-state index is 12.3. The zero-order chi connectivity index (χ0) is 18.7. The second kappa shape index (κ2) is 7.59. The van der Waals surface area contributed by atoms with Crippen LogP contribution in [-0.2, 0) is 27.6 Å². The van der Waals surface area contributed by atoms with Gasteiger partial charge in [-0.15, -0.1) is 11.3 Å². The number of esters is 1. The molecule has 1 aromatic heterocycles. The minimum atomic E-state index is -3.37. The van der Waals surface area contributed by atoms with Crippen LogP contribution in [-0.4, -0.2) is 33.0 Å². The van der Waals surface area contributed by atoms with Gasteiger partial charge in [-0.2, -0.15) is 0 Å². The number of carbonyl (C=O) groups is 2. The third kappa shape index (κ3) is 4.50. The highest BCUT2D eigenvalue weighted by atomic mass is 32.2. The fraction of sp³-hybridized carbons (Fsp3) is 0.333. The predicted molar refractivity (Wildman–Crippen MR) is 100 cm³/mol. The van der Waals surface area contributed by atoms with Gasteiger partial charge < -0.3 is 4.74 Å². The van der Waals surface area contributed by atoms with E-state index in [1.54, 1.807) is 11.3 Å². The van der Waals surface area contributed by atoms with E-state index in [1.807, 2.05) is 5.38 Å². The molecule has 0 bridgehead atoms.